The van der Waals surface area contributed by atoms with Gasteiger partial charge in [-0.05, 0) is 119 Å². The molecule has 0 atom stereocenters. The van der Waals surface area contributed by atoms with Crippen LogP contribution in [0.1, 0.15) is 101 Å². The second kappa shape index (κ2) is 8.73. The van der Waals surface area contributed by atoms with E-state index in [9.17, 15) is 9.18 Å². The van der Waals surface area contributed by atoms with Crippen molar-refractivity contribution in [1.82, 2.24) is 20.3 Å². The number of carbonyl (C=O) groups is 1. The minimum absolute atomic E-state index is 0.0309. The van der Waals surface area contributed by atoms with Gasteiger partial charge in [0.15, 0.2) is 11.6 Å². The molecule has 3 aromatic rings. The van der Waals surface area contributed by atoms with Crippen molar-refractivity contribution in [3.05, 3.63) is 41.8 Å². The summed E-state index contributed by atoms with van der Waals surface area (Å²) < 4.78 is 26.1. The van der Waals surface area contributed by atoms with Crippen LogP contribution < -0.4 is 4.90 Å². The van der Waals surface area contributed by atoms with Crippen molar-refractivity contribution in [2.24, 2.45) is 22.7 Å². The van der Waals surface area contributed by atoms with Gasteiger partial charge in [0.25, 0.3) is 5.89 Å². The summed E-state index contributed by atoms with van der Waals surface area (Å²) in [7, 11) is 0. The average Bonchev–Trinajstić information content (AvgIpc) is 3.87. The summed E-state index contributed by atoms with van der Waals surface area (Å²) in [4.78, 5) is 25.7. The average molecular weight is 572 g/mol. The van der Waals surface area contributed by atoms with Crippen LogP contribution in [0.2, 0.25) is 0 Å². The van der Waals surface area contributed by atoms with Crippen molar-refractivity contribution in [1.29, 1.82) is 0 Å². The van der Waals surface area contributed by atoms with Crippen molar-refractivity contribution >= 4 is 11.6 Å². The fourth-order valence-electron chi connectivity index (χ4n) is 8.59. The van der Waals surface area contributed by atoms with Crippen LogP contribution in [0.4, 0.5) is 10.1 Å². The number of hydrogen-bond acceptors (Lipinski definition) is 7. The van der Waals surface area contributed by atoms with E-state index in [2.05, 4.69) is 15.3 Å². The largest absolute Gasteiger partial charge is 0.339 e. The lowest BCUT2D eigenvalue weighted by atomic mass is 9.41. The van der Waals surface area contributed by atoms with E-state index in [0.29, 0.717) is 37.6 Å². The molecule has 1 aromatic carbocycles. The molecule has 1 amide bonds. The van der Waals surface area contributed by atoms with Gasteiger partial charge in [-0.3, -0.25) is 4.79 Å². The molecule has 0 aliphatic heterocycles. The lowest BCUT2D eigenvalue weighted by Gasteiger charge is -2.65. The highest BCUT2D eigenvalue weighted by Crippen LogP contribution is 2.70. The fraction of sp³-hybridized carbons (Fsp3) is 0.667. The molecule has 8 aliphatic carbocycles. The Hall–Kier alpha value is -3.10. The molecule has 42 heavy (non-hydrogen) atoms. The summed E-state index contributed by atoms with van der Waals surface area (Å²) in [5, 5.41) is 8.53. The van der Waals surface area contributed by atoms with Crippen molar-refractivity contribution in [3.63, 3.8) is 0 Å². The molecule has 0 radical (unpaired) electrons. The molecular formula is C33H38FN5O3. The van der Waals surface area contributed by atoms with Gasteiger partial charge in [0.1, 0.15) is 5.67 Å². The van der Waals surface area contributed by atoms with E-state index in [4.69, 9.17) is 14.0 Å². The van der Waals surface area contributed by atoms with Crippen molar-refractivity contribution in [2.45, 2.75) is 107 Å². The summed E-state index contributed by atoms with van der Waals surface area (Å²) >= 11 is 0. The van der Waals surface area contributed by atoms with Crippen molar-refractivity contribution < 1.29 is 18.2 Å². The minimum atomic E-state index is -1.12. The van der Waals surface area contributed by atoms with Gasteiger partial charge in [0.05, 0.1) is 5.41 Å². The maximum atomic E-state index is 14.6. The standard InChI is InChI=1S/C33H38FN5O3/c34-33-17-32(18-33,19-33)29(40)39(24-3-1-2-23(16-24)27-35-25(37-41-27)14-21-4-5-21)20-30-8-11-31(12-9-30,13-10-30)28-36-26(38-42-28)15-22-6-7-22/h1-3,16,21-22H,4-15,17-20H2. The van der Waals surface area contributed by atoms with Gasteiger partial charge in [-0.15, -0.1) is 0 Å². The Morgan fingerprint density at radius 2 is 1.52 bits per heavy atom. The maximum Gasteiger partial charge on any atom is 0.257 e. The molecule has 0 spiro atoms. The number of hydrogen-bond donors (Lipinski definition) is 0. The molecule has 2 heterocycles. The molecule has 8 saturated carbocycles. The number of fused-ring (bicyclic) bond motifs is 3. The van der Waals surface area contributed by atoms with Crippen LogP contribution in [-0.2, 0) is 23.1 Å². The Morgan fingerprint density at radius 3 is 2.17 bits per heavy atom. The van der Waals surface area contributed by atoms with Gasteiger partial charge in [-0.1, -0.05) is 16.4 Å². The summed E-state index contributed by atoms with van der Waals surface area (Å²) in [6.07, 6.45) is 14.0. The normalized spacial score (nSPS) is 34.6. The van der Waals surface area contributed by atoms with Crippen molar-refractivity contribution in [2.75, 3.05) is 11.4 Å². The van der Waals surface area contributed by atoms with Gasteiger partial charge in [-0.2, -0.15) is 9.97 Å². The number of amides is 1. The zero-order chi connectivity index (χ0) is 28.2. The van der Waals surface area contributed by atoms with Crippen LogP contribution in [0.15, 0.2) is 33.3 Å². The number of rotatable bonds is 10. The smallest absolute Gasteiger partial charge is 0.257 e. The molecule has 8 aliphatic rings. The van der Waals surface area contributed by atoms with Gasteiger partial charge in [0.2, 0.25) is 11.8 Å². The third-order valence-electron chi connectivity index (χ3n) is 11.7. The predicted molar refractivity (Wildman–Crippen MR) is 151 cm³/mol. The van der Waals surface area contributed by atoms with E-state index in [1.54, 1.807) is 0 Å². The Balaban J connectivity index is 0.970. The first kappa shape index (κ1) is 25.4. The maximum absolute atomic E-state index is 14.6. The molecule has 2 aromatic heterocycles. The number of aromatic nitrogens is 4. The van der Waals surface area contributed by atoms with Gasteiger partial charge >= 0.3 is 0 Å². The van der Waals surface area contributed by atoms with Gasteiger partial charge < -0.3 is 13.9 Å². The molecule has 4 bridgehead atoms. The number of anilines is 1. The summed E-state index contributed by atoms with van der Waals surface area (Å²) in [5.41, 5.74) is -0.00463. The van der Waals surface area contributed by atoms with Crippen LogP contribution in [0.5, 0.6) is 0 Å². The predicted octanol–water partition coefficient (Wildman–Crippen LogP) is 6.54. The number of benzene rings is 1. The Kier molecular flexibility index (Phi) is 5.28. The van der Waals surface area contributed by atoms with E-state index in [1.165, 1.54) is 25.7 Å². The van der Waals surface area contributed by atoms with Gasteiger partial charge in [-0.25, -0.2) is 4.39 Å². The fourth-order valence-corrected chi connectivity index (χ4v) is 8.59. The van der Waals surface area contributed by atoms with E-state index >= 15 is 0 Å². The first-order valence-electron chi connectivity index (χ1n) is 16.1. The van der Waals surface area contributed by atoms with Crippen LogP contribution in [0.3, 0.4) is 0 Å². The molecule has 8 fully saturated rings. The number of nitrogens with zero attached hydrogens (tertiary/aromatic N) is 5. The number of halogens is 1. The molecular weight excluding hydrogens is 533 g/mol. The minimum Gasteiger partial charge on any atom is -0.339 e. The third-order valence-corrected chi connectivity index (χ3v) is 11.7. The molecule has 0 N–H and O–H groups in total. The van der Waals surface area contributed by atoms with Crippen LogP contribution >= 0.6 is 0 Å². The second-order valence-corrected chi connectivity index (χ2v) is 15.0. The zero-order valence-corrected chi connectivity index (χ0v) is 24.1. The molecule has 9 heteroatoms. The Labute approximate surface area is 244 Å². The summed E-state index contributed by atoms with van der Waals surface area (Å²) in [5.74, 6) is 4.43. The van der Waals surface area contributed by atoms with Crippen LogP contribution in [-0.4, -0.2) is 38.4 Å². The summed E-state index contributed by atoms with van der Waals surface area (Å²) in [6, 6.07) is 7.95. The Bertz CT molecular complexity index is 1510. The SMILES string of the molecule is O=C(N(CC12CCC(c3nc(CC4CC4)no3)(CC1)CC2)c1cccc(-c2nc(CC3CC3)no2)c1)C12CC(F)(C1)C2. The molecule has 0 unspecified atom stereocenters. The quantitative estimate of drug-likeness (QED) is 0.272. The highest BCUT2D eigenvalue weighted by Gasteiger charge is 2.73. The monoisotopic (exact) mass is 571 g/mol. The second-order valence-electron chi connectivity index (χ2n) is 15.0. The van der Waals surface area contributed by atoms with Crippen molar-refractivity contribution in [3.8, 4) is 11.5 Å². The lowest BCUT2D eigenvalue weighted by Crippen LogP contribution is -2.71. The third kappa shape index (κ3) is 4.16. The van der Waals surface area contributed by atoms with E-state index in [0.717, 1.165) is 86.1 Å². The first-order valence-corrected chi connectivity index (χ1v) is 16.1. The molecule has 0 saturated heterocycles. The molecule has 11 rings (SSSR count). The Morgan fingerprint density at radius 1 is 0.881 bits per heavy atom. The highest BCUT2D eigenvalue weighted by atomic mass is 19.1. The van der Waals surface area contributed by atoms with Gasteiger partial charge in [0, 0.05) is 36.1 Å². The highest BCUT2D eigenvalue weighted by molar-refractivity contribution is 6.00. The lowest BCUT2D eigenvalue weighted by molar-refractivity contribution is -0.211. The summed E-state index contributed by atoms with van der Waals surface area (Å²) in [6.45, 7) is 0.653. The zero-order valence-electron chi connectivity index (χ0n) is 24.1. The number of alkyl halides is 1. The van der Waals surface area contributed by atoms with E-state index < -0.39 is 11.1 Å². The number of carbonyl (C=O) groups excluding carboxylic acids is 1. The first-order chi connectivity index (χ1) is 20.3. The van der Waals surface area contributed by atoms with Crippen LogP contribution in [0.25, 0.3) is 11.5 Å². The molecule has 220 valence electrons. The van der Waals surface area contributed by atoms with E-state index in [-0.39, 0.29) is 16.7 Å². The topological polar surface area (TPSA) is 98.2 Å². The van der Waals surface area contributed by atoms with E-state index in [1.807, 2.05) is 29.2 Å². The van der Waals surface area contributed by atoms with Crippen LogP contribution in [0, 0.1) is 22.7 Å². The molecule has 8 nitrogen and oxygen atoms in total.